The van der Waals surface area contributed by atoms with Crippen LogP contribution in [-0.4, -0.2) is 34.2 Å². The van der Waals surface area contributed by atoms with Crippen molar-refractivity contribution in [2.45, 2.75) is 25.3 Å². The van der Waals surface area contributed by atoms with Crippen LogP contribution in [0.3, 0.4) is 0 Å². The molecule has 1 unspecified atom stereocenters. The fraction of sp³-hybridized carbons (Fsp3) is 0.400. The molecular weight excluding hydrogens is 270 g/mol. The lowest BCUT2D eigenvalue weighted by Gasteiger charge is -2.36. The van der Waals surface area contributed by atoms with Crippen LogP contribution in [0.15, 0.2) is 30.5 Å². The number of aliphatic hydroxyl groups is 1. The molecule has 0 radical (unpaired) electrons. The van der Waals surface area contributed by atoms with Crippen molar-refractivity contribution in [3.8, 4) is 0 Å². The van der Waals surface area contributed by atoms with Crippen molar-refractivity contribution < 1.29 is 10.0 Å². The molecule has 110 valence electrons. The average Bonchev–Trinajstić information content (AvgIpc) is 2.53. The summed E-state index contributed by atoms with van der Waals surface area (Å²) in [5, 5.41) is 21.3. The molecule has 1 aromatic carbocycles. The Labute approximate surface area is 122 Å². The summed E-state index contributed by atoms with van der Waals surface area (Å²) in [5.74, 6) is 0. The topological polar surface area (TPSA) is 79.5 Å². The maximum atomic E-state index is 11.1. The molecular formula is C15H17N3O3. The Balaban J connectivity index is 2.15. The first-order valence-corrected chi connectivity index (χ1v) is 7.12. The van der Waals surface area contributed by atoms with Gasteiger partial charge in [-0.2, -0.15) is 0 Å². The zero-order valence-corrected chi connectivity index (χ0v) is 11.6. The summed E-state index contributed by atoms with van der Waals surface area (Å²) in [6.45, 7) is 0.931. The lowest BCUT2D eigenvalue weighted by Crippen LogP contribution is -2.42. The van der Waals surface area contributed by atoms with Crippen molar-refractivity contribution in [2.75, 3.05) is 18.1 Å². The van der Waals surface area contributed by atoms with Crippen LogP contribution in [0.2, 0.25) is 0 Å². The Morgan fingerprint density at radius 2 is 2.24 bits per heavy atom. The molecule has 1 N–H and O–H groups in total. The highest BCUT2D eigenvalue weighted by atomic mass is 16.6. The normalized spacial score (nSPS) is 18.9. The van der Waals surface area contributed by atoms with Crippen molar-refractivity contribution >= 4 is 22.3 Å². The summed E-state index contributed by atoms with van der Waals surface area (Å²) >= 11 is 0. The Hall–Kier alpha value is -2.21. The molecule has 1 aliphatic rings. The third-order valence-electron chi connectivity index (χ3n) is 4.07. The molecule has 0 saturated carbocycles. The Morgan fingerprint density at radius 3 is 3.00 bits per heavy atom. The van der Waals surface area contributed by atoms with Crippen LogP contribution in [0.1, 0.15) is 19.3 Å². The van der Waals surface area contributed by atoms with E-state index >= 15 is 0 Å². The lowest BCUT2D eigenvalue weighted by molar-refractivity contribution is -0.383. The van der Waals surface area contributed by atoms with E-state index in [0.29, 0.717) is 10.9 Å². The smallest absolute Gasteiger partial charge is 0.278 e. The summed E-state index contributed by atoms with van der Waals surface area (Å²) < 4.78 is 0. The van der Waals surface area contributed by atoms with Gasteiger partial charge in [-0.05, 0) is 37.5 Å². The number of benzene rings is 1. The molecule has 21 heavy (non-hydrogen) atoms. The summed E-state index contributed by atoms with van der Waals surface area (Å²) in [6, 6.07) is 6.77. The summed E-state index contributed by atoms with van der Waals surface area (Å²) in [7, 11) is 0. The summed E-state index contributed by atoms with van der Waals surface area (Å²) in [6.07, 6.45) is 4.73. The molecule has 6 heteroatoms. The third-order valence-corrected chi connectivity index (χ3v) is 4.07. The predicted octanol–water partition coefficient (Wildman–Crippen LogP) is 2.49. The number of nitro groups is 1. The predicted molar refractivity (Wildman–Crippen MR) is 80.5 cm³/mol. The number of hydrogen-bond donors (Lipinski definition) is 1. The molecule has 0 amide bonds. The van der Waals surface area contributed by atoms with Gasteiger partial charge in [0.1, 0.15) is 5.52 Å². The van der Waals surface area contributed by atoms with Crippen LogP contribution < -0.4 is 4.90 Å². The summed E-state index contributed by atoms with van der Waals surface area (Å²) in [4.78, 5) is 17.2. The number of fused-ring (bicyclic) bond motifs is 1. The summed E-state index contributed by atoms with van der Waals surface area (Å²) in [5.41, 5.74) is 1.57. The van der Waals surface area contributed by atoms with E-state index in [9.17, 15) is 15.2 Å². The van der Waals surface area contributed by atoms with Gasteiger partial charge < -0.3 is 10.0 Å². The number of nitro benzene ring substituents is 1. The van der Waals surface area contributed by atoms with Crippen molar-refractivity contribution in [1.82, 2.24) is 4.98 Å². The number of aromatic nitrogens is 1. The third kappa shape index (κ3) is 2.42. The second-order valence-corrected chi connectivity index (χ2v) is 5.29. The molecule has 2 aromatic rings. The first-order chi connectivity index (χ1) is 10.2. The van der Waals surface area contributed by atoms with Crippen molar-refractivity contribution in [1.29, 1.82) is 0 Å². The van der Waals surface area contributed by atoms with Gasteiger partial charge in [0.15, 0.2) is 0 Å². The number of non-ortho nitro benzene ring substituents is 1. The number of hydrogen-bond acceptors (Lipinski definition) is 5. The molecule has 0 bridgehead atoms. The van der Waals surface area contributed by atoms with E-state index in [1.165, 1.54) is 6.07 Å². The fourth-order valence-electron chi connectivity index (χ4n) is 3.04. The standard InChI is InChI=1S/C15H17N3O3/c19-10-11-4-1-2-9-17(11)14-7-6-13(18(20)21)12-5-3-8-16-15(12)14/h3,5-8,11,19H,1-2,4,9-10H2. The minimum atomic E-state index is -0.381. The SMILES string of the molecule is O=[N+]([O-])c1ccc(N2CCCCC2CO)c2ncccc12. The van der Waals surface area contributed by atoms with E-state index in [-0.39, 0.29) is 23.3 Å². The van der Waals surface area contributed by atoms with Gasteiger partial charge in [-0.1, -0.05) is 0 Å². The van der Waals surface area contributed by atoms with Gasteiger partial charge in [0.2, 0.25) is 0 Å². The second-order valence-electron chi connectivity index (χ2n) is 5.29. The Bertz CT molecular complexity index is 674. The molecule has 1 aliphatic heterocycles. The maximum Gasteiger partial charge on any atom is 0.278 e. The molecule has 1 saturated heterocycles. The molecule has 3 rings (SSSR count). The average molecular weight is 287 g/mol. The van der Waals surface area contributed by atoms with Gasteiger partial charge in [0.25, 0.3) is 5.69 Å². The monoisotopic (exact) mass is 287 g/mol. The number of piperidine rings is 1. The van der Waals surface area contributed by atoms with E-state index in [2.05, 4.69) is 9.88 Å². The van der Waals surface area contributed by atoms with Gasteiger partial charge in [0, 0.05) is 18.8 Å². The largest absolute Gasteiger partial charge is 0.394 e. The zero-order valence-electron chi connectivity index (χ0n) is 11.6. The number of anilines is 1. The first-order valence-electron chi connectivity index (χ1n) is 7.12. The van der Waals surface area contributed by atoms with Crippen molar-refractivity contribution in [3.05, 3.63) is 40.6 Å². The van der Waals surface area contributed by atoms with E-state index in [1.54, 1.807) is 24.4 Å². The van der Waals surface area contributed by atoms with Gasteiger partial charge in [-0.3, -0.25) is 15.1 Å². The zero-order chi connectivity index (χ0) is 14.8. The minimum Gasteiger partial charge on any atom is -0.394 e. The highest BCUT2D eigenvalue weighted by Gasteiger charge is 2.25. The van der Waals surface area contributed by atoms with E-state index in [4.69, 9.17) is 0 Å². The molecule has 2 heterocycles. The first kappa shape index (κ1) is 13.8. The Morgan fingerprint density at radius 1 is 1.38 bits per heavy atom. The fourth-order valence-corrected chi connectivity index (χ4v) is 3.04. The maximum absolute atomic E-state index is 11.1. The van der Waals surface area contributed by atoms with Crippen LogP contribution in [-0.2, 0) is 0 Å². The van der Waals surface area contributed by atoms with Crippen LogP contribution >= 0.6 is 0 Å². The number of pyridine rings is 1. The number of aliphatic hydroxyl groups excluding tert-OH is 1. The van der Waals surface area contributed by atoms with Crippen LogP contribution in [0, 0.1) is 10.1 Å². The van der Waals surface area contributed by atoms with Crippen molar-refractivity contribution in [3.63, 3.8) is 0 Å². The van der Waals surface area contributed by atoms with Crippen LogP contribution in [0.25, 0.3) is 10.9 Å². The number of rotatable bonds is 3. The van der Waals surface area contributed by atoms with Crippen LogP contribution in [0.4, 0.5) is 11.4 Å². The molecule has 0 spiro atoms. The van der Waals surface area contributed by atoms with Gasteiger partial charge in [-0.25, -0.2) is 0 Å². The van der Waals surface area contributed by atoms with E-state index in [0.717, 1.165) is 31.5 Å². The Kier molecular flexibility index (Phi) is 3.70. The van der Waals surface area contributed by atoms with Gasteiger partial charge >= 0.3 is 0 Å². The molecule has 1 fully saturated rings. The number of nitrogens with zero attached hydrogens (tertiary/aromatic N) is 3. The highest BCUT2D eigenvalue weighted by Crippen LogP contribution is 2.34. The highest BCUT2D eigenvalue weighted by molar-refractivity contribution is 5.97. The van der Waals surface area contributed by atoms with E-state index in [1.807, 2.05) is 0 Å². The van der Waals surface area contributed by atoms with Crippen LogP contribution in [0.5, 0.6) is 0 Å². The van der Waals surface area contributed by atoms with Gasteiger partial charge in [0.05, 0.1) is 28.6 Å². The molecule has 1 atom stereocenters. The van der Waals surface area contributed by atoms with Crippen molar-refractivity contribution in [2.24, 2.45) is 0 Å². The van der Waals surface area contributed by atoms with Gasteiger partial charge in [-0.15, -0.1) is 0 Å². The molecule has 0 aliphatic carbocycles. The molecule has 6 nitrogen and oxygen atoms in total. The molecule has 1 aromatic heterocycles. The quantitative estimate of drug-likeness (QED) is 0.693. The lowest BCUT2D eigenvalue weighted by atomic mass is 10.0. The second kappa shape index (κ2) is 5.65. The van der Waals surface area contributed by atoms with E-state index < -0.39 is 0 Å². The minimum absolute atomic E-state index is 0.0606.